The minimum Gasteiger partial charge on any atom is -0.382 e. The minimum absolute atomic E-state index is 0.0128. The number of aromatic nitrogens is 4. The van der Waals surface area contributed by atoms with Crippen LogP contribution in [0.25, 0.3) is 27.5 Å². The van der Waals surface area contributed by atoms with Crippen LogP contribution < -0.4 is 5.73 Å². The number of nitrogens with zero attached hydrogens (tertiary/aromatic N) is 6. The first kappa shape index (κ1) is 13.3. The summed E-state index contributed by atoms with van der Waals surface area (Å²) in [5, 5.41) is 24.5. The fourth-order valence-electron chi connectivity index (χ4n) is 2.59. The number of halogens is 1. The fourth-order valence-corrected chi connectivity index (χ4v) is 2.86. The van der Waals surface area contributed by atoms with E-state index in [2.05, 4.69) is 15.1 Å². The summed E-state index contributed by atoms with van der Waals surface area (Å²) in [5.74, 6) is -0.0393. The van der Waals surface area contributed by atoms with Crippen LogP contribution in [-0.4, -0.2) is 19.6 Å². The molecule has 0 saturated heterocycles. The van der Waals surface area contributed by atoms with Crippen molar-refractivity contribution in [1.82, 2.24) is 19.6 Å². The molecular weight excluding hydrogens is 314 g/mol. The number of hydrogen-bond acceptors (Lipinski definition) is 6. The second kappa shape index (κ2) is 4.54. The van der Waals surface area contributed by atoms with Gasteiger partial charge in [0.2, 0.25) is 0 Å². The number of nitrogens with two attached hydrogens (primary N) is 1. The monoisotopic (exact) mass is 319 g/mol. The van der Waals surface area contributed by atoms with Crippen LogP contribution in [0, 0.1) is 22.7 Å². The zero-order valence-corrected chi connectivity index (χ0v) is 12.2. The minimum atomic E-state index is -0.0393. The summed E-state index contributed by atoms with van der Waals surface area (Å²) in [6.45, 7) is 0. The van der Waals surface area contributed by atoms with Crippen molar-refractivity contribution in [2.75, 3.05) is 5.73 Å². The van der Waals surface area contributed by atoms with Crippen LogP contribution in [0.4, 0.5) is 5.82 Å². The normalized spacial score (nSPS) is 10.9. The largest absolute Gasteiger partial charge is 0.382 e. The van der Waals surface area contributed by atoms with E-state index in [1.807, 2.05) is 36.4 Å². The van der Waals surface area contributed by atoms with Crippen LogP contribution in [-0.2, 0) is 0 Å². The molecule has 0 amide bonds. The molecule has 0 atom stereocenters. The van der Waals surface area contributed by atoms with Crippen LogP contribution in [0.2, 0.25) is 5.15 Å². The molecule has 0 saturated carbocycles. The zero-order valence-electron chi connectivity index (χ0n) is 11.4. The number of hydrogen-bond donors (Lipinski definition) is 1. The summed E-state index contributed by atoms with van der Waals surface area (Å²) in [7, 11) is 0. The number of benzene rings is 1. The molecule has 1 aromatic carbocycles. The van der Waals surface area contributed by atoms with E-state index in [0.29, 0.717) is 22.1 Å². The maximum absolute atomic E-state index is 9.39. The van der Waals surface area contributed by atoms with Gasteiger partial charge in [0.25, 0.3) is 0 Å². The summed E-state index contributed by atoms with van der Waals surface area (Å²) in [6.07, 6.45) is 0. The van der Waals surface area contributed by atoms with Crippen molar-refractivity contribution in [3.63, 3.8) is 0 Å². The number of rotatable bonds is 0. The summed E-state index contributed by atoms with van der Waals surface area (Å²) >= 11 is 6.28. The van der Waals surface area contributed by atoms with Crippen LogP contribution >= 0.6 is 11.6 Å². The molecule has 23 heavy (non-hydrogen) atoms. The lowest BCUT2D eigenvalue weighted by atomic mass is 10.1. The molecular formula is C15H6ClN7. The lowest BCUT2D eigenvalue weighted by molar-refractivity contribution is 0.935. The third-order valence-corrected chi connectivity index (χ3v) is 3.87. The van der Waals surface area contributed by atoms with Gasteiger partial charge in [-0.3, -0.25) is 0 Å². The Bertz CT molecular complexity index is 1210. The van der Waals surface area contributed by atoms with E-state index in [0.717, 1.165) is 5.39 Å². The average Bonchev–Trinajstić information content (AvgIpc) is 2.93. The Hall–Kier alpha value is -3.42. The highest BCUT2D eigenvalue weighted by atomic mass is 35.5. The molecule has 2 N–H and O–H groups in total. The van der Waals surface area contributed by atoms with E-state index in [1.165, 1.54) is 4.52 Å². The van der Waals surface area contributed by atoms with Gasteiger partial charge in [0.05, 0.1) is 10.9 Å². The Morgan fingerprint density at radius 3 is 2.65 bits per heavy atom. The molecule has 3 heterocycles. The summed E-state index contributed by atoms with van der Waals surface area (Å²) in [6, 6.07) is 11.2. The molecule has 0 fully saturated rings. The Balaban J connectivity index is 2.35. The second-order valence-corrected chi connectivity index (χ2v) is 5.18. The number of para-hydroxylation sites is 1. The average molecular weight is 320 g/mol. The van der Waals surface area contributed by atoms with Crippen molar-refractivity contribution in [2.45, 2.75) is 0 Å². The van der Waals surface area contributed by atoms with Gasteiger partial charge in [-0.1, -0.05) is 29.8 Å². The molecule has 0 aliphatic rings. The highest BCUT2D eigenvalue weighted by Crippen LogP contribution is 2.32. The van der Waals surface area contributed by atoms with Gasteiger partial charge in [-0.05, 0) is 6.07 Å². The topological polar surface area (TPSA) is 117 Å². The van der Waals surface area contributed by atoms with E-state index < -0.39 is 0 Å². The van der Waals surface area contributed by atoms with Gasteiger partial charge in [-0.25, -0.2) is 14.5 Å². The first-order valence-electron chi connectivity index (χ1n) is 6.52. The van der Waals surface area contributed by atoms with Crippen molar-refractivity contribution >= 4 is 44.9 Å². The standard InChI is InChI=1S/C15H6ClN7/c16-13-11-12(7-3-1-2-4-9(7)20-13)22-23-10(6-18)8(5-17)14(19)21-15(11)23/h1-4H,(H2,19,21). The number of pyridine rings is 1. The molecule has 108 valence electrons. The molecule has 0 radical (unpaired) electrons. The van der Waals surface area contributed by atoms with Gasteiger partial charge < -0.3 is 5.73 Å². The van der Waals surface area contributed by atoms with Gasteiger partial charge in [0.15, 0.2) is 11.3 Å². The molecule has 8 heteroatoms. The smallest absolute Gasteiger partial charge is 0.169 e. The molecule has 0 aliphatic heterocycles. The SMILES string of the molecule is N#Cc1c(N)nc2c3c(Cl)nc4ccccc4c3nn2c1C#N. The summed E-state index contributed by atoms with van der Waals surface area (Å²) < 4.78 is 1.29. The highest BCUT2D eigenvalue weighted by Gasteiger charge is 2.20. The summed E-state index contributed by atoms with van der Waals surface area (Å²) in [4.78, 5) is 8.53. The Morgan fingerprint density at radius 1 is 1.13 bits per heavy atom. The molecule has 7 nitrogen and oxygen atoms in total. The lowest BCUT2D eigenvalue weighted by Crippen LogP contribution is -2.05. The van der Waals surface area contributed by atoms with Gasteiger partial charge >= 0.3 is 0 Å². The molecule has 3 aromatic heterocycles. The van der Waals surface area contributed by atoms with E-state index in [1.54, 1.807) is 0 Å². The predicted molar refractivity (Wildman–Crippen MR) is 84.6 cm³/mol. The summed E-state index contributed by atoms with van der Waals surface area (Å²) in [5.41, 5.74) is 7.34. The lowest BCUT2D eigenvalue weighted by Gasteiger charge is -2.02. The Kier molecular flexibility index (Phi) is 2.61. The number of anilines is 1. The maximum atomic E-state index is 9.39. The van der Waals surface area contributed by atoms with Crippen molar-refractivity contribution in [2.24, 2.45) is 0 Å². The van der Waals surface area contributed by atoms with E-state index >= 15 is 0 Å². The quantitative estimate of drug-likeness (QED) is 0.497. The molecule has 0 aliphatic carbocycles. The second-order valence-electron chi connectivity index (χ2n) is 4.82. The van der Waals surface area contributed by atoms with Gasteiger partial charge in [0, 0.05) is 5.39 Å². The first-order valence-corrected chi connectivity index (χ1v) is 6.90. The van der Waals surface area contributed by atoms with Crippen LogP contribution in [0.15, 0.2) is 24.3 Å². The highest BCUT2D eigenvalue weighted by molar-refractivity contribution is 6.37. The van der Waals surface area contributed by atoms with Gasteiger partial charge in [0.1, 0.15) is 34.2 Å². The Labute approximate surface area is 134 Å². The molecule has 0 unspecified atom stereocenters. The van der Waals surface area contributed by atoms with Crippen molar-refractivity contribution in [3.8, 4) is 12.1 Å². The van der Waals surface area contributed by atoms with Gasteiger partial charge in [-0.2, -0.15) is 15.6 Å². The molecule has 0 bridgehead atoms. The third kappa shape index (κ3) is 1.65. The molecule has 4 aromatic rings. The third-order valence-electron chi connectivity index (χ3n) is 3.59. The van der Waals surface area contributed by atoms with Crippen LogP contribution in [0.3, 0.4) is 0 Å². The van der Waals surface area contributed by atoms with Crippen molar-refractivity contribution in [1.29, 1.82) is 10.5 Å². The Morgan fingerprint density at radius 2 is 1.91 bits per heavy atom. The van der Waals surface area contributed by atoms with Crippen molar-refractivity contribution in [3.05, 3.63) is 40.7 Å². The molecule has 0 spiro atoms. The van der Waals surface area contributed by atoms with E-state index in [9.17, 15) is 10.5 Å². The van der Waals surface area contributed by atoms with Crippen molar-refractivity contribution < 1.29 is 0 Å². The maximum Gasteiger partial charge on any atom is 0.169 e. The number of nitriles is 2. The molecule has 4 rings (SSSR count). The first-order chi connectivity index (χ1) is 11.2. The van der Waals surface area contributed by atoms with Gasteiger partial charge in [-0.15, -0.1) is 0 Å². The van der Waals surface area contributed by atoms with E-state index in [-0.39, 0.29) is 22.2 Å². The number of fused-ring (bicyclic) bond motifs is 5. The van der Waals surface area contributed by atoms with Crippen LogP contribution in [0.1, 0.15) is 11.3 Å². The fraction of sp³-hybridized carbons (Fsp3) is 0. The van der Waals surface area contributed by atoms with Crippen LogP contribution in [0.5, 0.6) is 0 Å². The van der Waals surface area contributed by atoms with E-state index in [4.69, 9.17) is 17.3 Å². The zero-order chi connectivity index (χ0) is 16.1. The number of nitrogen functional groups attached to an aromatic ring is 1. The predicted octanol–water partition coefficient (Wildman–Crippen LogP) is 2.41.